The first-order valence-corrected chi connectivity index (χ1v) is 4.84. The summed E-state index contributed by atoms with van der Waals surface area (Å²) in [7, 11) is 0. The van der Waals surface area contributed by atoms with Gasteiger partial charge in [-0.3, -0.25) is 0 Å². The molecule has 0 aromatic carbocycles. The number of nitrogens with zero attached hydrogens (tertiary/aromatic N) is 5. The molecule has 0 saturated heterocycles. The Kier molecular flexibility index (Phi) is 2.22. The van der Waals surface area contributed by atoms with Gasteiger partial charge in [0.15, 0.2) is 5.82 Å². The van der Waals surface area contributed by atoms with Gasteiger partial charge in [-0.25, -0.2) is 15.0 Å². The van der Waals surface area contributed by atoms with E-state index in [2.05, 4.69) is 20.1 Å². The third-order valence-electron chi connectivity index (χ3n) is 1.48. The topological polar surface area (TPSA) is 56.5 Å². The van der Waals surface area contributed by atoms with Gasteiger partial charge in [0.25, 0.3) is 0 Å². The van der Waals surface area contributed by atoms with E-state index in [0.717, 1.165) is 5.03 Å². The molecule has 0 aliphatic rings. The summed E-state index contributed by atoms with van der Waals surface area (Å²) in [4.78, 5) is 12.2. The Morgan fingerprint density at radius 2 is 2.15 bits per heavy atom. The van der Waals surface area contributed by atoms with Crippen LogP contribution in [0.15, 0.2) is 30.1 Å². The van der Waals surface area contributed by atoms with Crippen molar-refractivity contribution >= 4 is 11.8 Å². The molecule has 6 heteroatoms. The van der Waals surface area contributed by atoms with Crippen LogP contribution in [0.5, 0.6) is 0 Å². The largest absolute Gasteiger partial charge is 0.244 e. The second-order valence-corrected chi connectivity index (χ2v) is 3.02. The minimum Gasteiger partial charge on any atom is -0.244 e. The number of thioether (sulfide) groups is 1. The zero-order chi connectivity index (χ0) is 9.10. The van der Waals surface area contributed by atoms with Gasteiger partial charge in [-0.05, 0) is 6.26 Å². The van der Waals surface area contributed by atoms with Crippen LogP contribution in [0.2, 0.25) is 0 Å². The Balaban J connectivity index is 2.51. The maximum atomic E-state index is 4.17. The van der Waals surface area contributed by atoms with Gasteiger partial charge in [-0.15, -0.1) is 11.8 Å². The molecule has 0 aliphatic carbocycles. The van der Waals surface area contributed by atoms with E-state index in [1.54, 1.807) is 23.4 Å². The highest BCUT2D eigenvalue weighted by atomic mass is 32.2. The quantitative estimate of drug-likeness (QED) is 0.660. The van der Waals surface area contributed by atoms with Crippen LogP contribution in [0, 0.1) is 0 Å². The summed E-state index contributed by atoms with van der Waals surface area (Å²) >= 11 is 1.53. The standard InChI is InChI=1S/C7H7N5S/c1-13-7-6(9-2-3-10-7)12-5-8-4-11-12/h2-5H,1H3. The molecule has 0 aliphatic heterocycles. The first-order valence-electron chi connectivity index (χ1n) is 3.62. The van der Waals surface area contributed by atoms with Crippen LogP contribution in [-0.4, -0.2) is 31.0 Å². The summed E-state index contributed by atoms with van der Waals surface area (Å²) < 4.78 is 1.60. The molecule has 0 atom stereocenters. The van der Waals surface area contributed by atoms with Crippen LogP contribution >= 0.6 is 11.8 Å². The minimum atomic E-state index is 0.715. The molecule has 0 amide bonds. The second kappa shape index (κ2) is 3.53. The molecule has 2 aromatic heterocycles. The van der Waals surface area contributed by atoms with Gasteiger partial charge in [0.05, 0.1) is 0 Å². The van der Waals surface area contributed by atoms with Crippen molar-refractivity contribution in [2.45, 2.75) is 5.03 Å². The summed E-state index contributed by atoms with van der Waals surface area (Å²) in [6.45, 7) is 0. The van der Waals surface area contributed by atoms with Crippen LogP contribution < -0.4 is 0 Å². The van der Waals surface area contributed by atoms with Crippen molar-refractivity contribution in [2.75, 3.05) is 6.26 Å². The summed E-state index contributed by atoms with van der Waals surface area (Å²) in [5, 5.41) is 4.83. The van der Waals surface area contributed by atoms with Crippen molar-refractivity contribution < 1.29 is 0 Å². The van der Waals surface area contributed by atoms with Crippen molar-refractivity contribution in [3.63, 3.8) is 0 Å². The van der Waals surface area contributed by atoms with E-state index in [1.807, 2.05) is 6.26 Å². The second-order valence-electron chi connectivity index (χ2n) is 2.23. The van der Waals surface area contributed by atoms with Gasteiger partial charge < -0.3 is 0 Å². The van der Waals surface area contributed by atoms with Gasteiger partial charge in [0.2, 0.25) is 0 Å². The van der Waals surface area contributed by atoms with E-state index in [0.29, 0.717) is 5.82 Å². The molecule has 0 N–H and O–H groups in total. The molecular formula is C7H7N5S. The lowest BCUT2D eigenvalue weighted by molar-refractivity contribution is 0.801. The van der Waals surface area contributed by atoms with Gasteiger partial charge in [0.1, 0.15) is 17.7 Å². The maximum Gasteiger partial charge on any atom is 0.187 e. The zero-order valence-corrected chi connectivity index (χ0v) is 7.77. The van der Waals surface area contributed by atoms with Gasteiger partial charge in [-0.1, -0.05) is 0 Å². The smallest absolute Gasteiger partial charge is 0.187 e. The van der Waals surface area contributed by atoms with Crippen molar-refractivity contribution in [3.8, 4) is 5.82 Å². The average molecular weight is 193 g/mol. The molecule has 2 heterocycles. The van der Waals surface area contributed by atoms with Crippen LogP contribution in [0.1, 0.15) is 0 Å². The highest BCUT2D eigenvalue weighted by Gasteiger charge is 2.05. The molecule has 0 saturated carbocycles. The lowest BCUT2D eigenvalue weighted by Gasteiger charge is -2.02. The Bertz CT molecular complexity index is 386. The number of hydrogen-bond donors (Lipinski definition) is 0. The zero-order valence-electron chi connectivity index (χ0n) is 6.95. The van der Waals surface area contributed by atoms with Gasteiger partial charge in [0, 0.05) is 12.4 Å². The SMILES string of the molecule is CSc1nccnc1-n1cncn1. The van der Waals surface area contributed by atoms with E-state index >= 15 is 0 Å². The maximum absolute atomic E-state index is 4.17. The van der Waals surface area contributed by atoms with E-state index in [-0.39, 0.29) is 0 Å². The number of hydrogen-bond acceptors (Lipinski definition) is 5. The van der Waals surface area contributed by atoms with Crippen molar-refractivity contribution in [1.82, 2.24) is 24.7 Å². The number of rotatable bonds is 2. The Morgan fingerprint density at radius 3 is 2.85 bits per heavy atom. The molecular weight excluding hydrogens is 186 g/mol. The molecule has 66 valence electrons. The normalized spacial score (nSPS) is 10.2. The molecule has 0 radical (unpaired) electrons. The molecule has 0 bridgehead atoms. The fourth-order valence-corrected chi connectivity index (χ4v) is 1.43. The van der Waals surface area contributed by atoms with Crippen LogP contribution in [-0.2, 0) is 0 Å². The Morgan fingerprint density at radius 1 is 1.31 bits per heavy atom. The third-order valence-corrected chi connectivity index (χ3v) is 2.15. The Labute approximate surface area is 79.2 Å². The van der Waals surface area contributed by atoms with E-state index in [1.165, 1.54) is 18.1 Å². The predicted octanol–water partition coefficient (Wildman–Crippen LogP) is 0.779. The molecule has 0 fully saturated rings. The molecule has 13 heavy (non-hydrogen) atoms. The lowest BCUT2D eigenvalue weighted by atomic mass is 10.6. The lowest BCUT2D eigenvalue weighted by Crippen LogP contribution is -2.00. The van der Waals surface area contributed by atoms with Crippen molar-refractivity contribution in [2.24, 2.45) is 0 Å². The van der Waals surface area contributed by atoms with Crippen LogP contribution in [0.4, 0.5) is 0 Å². The molecule has 0 unspecified atom stereocenters. The fraction of sp³-hybridized carbons (Fsp3) is 0.143. The Hall–Kier alpha value is -1.43. The van der Waals surface area contributed by atoms with Crippen LogP contribution in [0.25, 0.3) is 5.82 Å². The summed E-state index contributed by atoms with van der Waals surface area (Å²) in [6.07, 6.45) is 8.32. The highest BCUT2D eigenvalue weighted by molar-refractivity contribution is 7.98. The van der Waals surface area contributed by atoms with E-state index < -0.39 is 0 Å². The fourth-order valence-electron chi connectivity index (χ4n) is 0.937. The van der Waals surface area contributed by atoms with Crippen LogP contribution in [0.3, 0.4) is 0 Å². The van der Waals surface area contributed by atoms with Gasteiger partial charge in [-0.2, -0.15) is 9.78 Å². The van der Waals surface area contributed by atoms with E-state index in [9.17, 15) is 0 Å². The van der Waals surface area contributed by atoms with E-state index in [4.69, 9.17) is 0 Å². The molecule has 5 nitrogen and oxygen atoms in total. The minimum absolute atomic E-state index is 0.715. The van der Waals surface area contributed by atoms with Gasteiger partial charge >= 0.3 is 0 Å². The molecule has 2 aromatic rings. The summed E-state index contributed by atoms with van der Waals surface area (Å²) in [5.41, 5.74) is 0. The first-order chi connectivity index (χ1) is 6.42. The number of aromatic nitrogens is 5. The molecule has 0 spiro atoms. The highest BCUT2D eigenvalue weighted by Crippen LogP contribution is 2.16. The van der Waals surface area contributed by atoms with Crippen molar-refractivity contribution in [1.29, 1.82) is 0 Å². The molecule has 2 rings (SSSR count). The monoisotopic (exact) mass is 193 g/mol. The van der Waals surface area contributed by atoms with Crippen molar-refractivity contribution in [3.05, 3.63) is 25.0 Å². The third kappa shape index (κ3) is 1.52. The average Bonchev–Trinajstić information content (AvgIpc) is 2.70. The summed E-state index contributed by atoms with van der Waals surface area (Å²) in [6, 6.07) is 0. The summed E-state index contributed by atoms with van der Waals surface area (Å²) in [5.74, 6) is 0.715. The predicted molar refractivity (Wildman–Crippen MR) is 48.7 cm³/mol. The first kappa shape index (κ1) is 8.18.